The van der Waals surface area contributed by atoms with E-state index >= 15 is 0 Å². The maximum atomic E-state index is 10.9. The highest BCUT2D eigenvalue weighted by molar-refractivity contribution is 14.1. The average Bonchev–Trinajstić information content (AvgIpc) is 2.61. The molecule has 0 aromatic heterocycles. The molecular formula is C23H33IO2. The van der Waals surface area contributed by atoms with Crippen LogP contribution < -0.4 is 4.74 Å². The van der Waals surface area contributed by atoms with Crippen LogP contribution in [0.5, 0.6) is 11.5 Å². The predicted octanol–water partition coefficient (Wildman–Crippen LogP) is 6.93. The standard InChI is InChI=1S/C23H33IO2/c1-5-7-8-9-16-12-20(25)22-18-14-17(15(3)24)10-11-19(18)23(4,6-2)26-21(22)13-16/h12-15,18-19,25H,5-11H2,1-4H3/t15?,18-,19-,23?/m1/s1. The summed E-state index contributed by atoms with van der Waals surface area (Å²) >= 11 is 2.51. The lowest BCUT2D eigenvalue weighted by Gasteiger charge is -2.48. The molecule has 3 heteroatoms. The van der Waals surface area contributed by atoms with Gasteiger partial charge in [-0.05, 0) is 63.6 Å². The Labute approximate surface area is 172 Å². The van der Waals surface area contributed by atoms with Gasteiger partial charge in [0.1, 0.15) is 17.1 Å². The molecule has 26 heavy (non-hydrogen) atoms. The molecule has 3 rings (SSSR count). The molecule has 1 aliphatic heterocycles. The number of aromatic hydroxyl groups is 1. The van der Waals surface area contributed by atoms with Crippen LogP contribution in [0, 0.1) is 5.92 Å². The van der Waals surface area contributed by atoms with Crippen LogP contribution in [0.4, 0.5) is 0 Å². The number of hydrogen-bond acceptors (Lipinski definition) is 2. The van der Waals surface area contributed by atoms with Gasteiger partial charge in [-0.15, -0.1) is 0 Å². The first-order valence-corrected chi connectivity index (χ1v) is 11.5. The Bertz CT molecular complexity index is 679. The molecule has 1 aromatic rings. The average molecular weight is 468 g/mol. The first-order valence-electron chi connectivity index (χ1n) is 10.3. The second-order valence-electron chi connectivity index (χ2n) is 8.28. The lowest BCUT2D eigenvalue weighted by molar-refractivity contribution is -0.00913. The van der Waals surface area contributed by atoms with Gasteiger partial charge < -0.3 is 9.84 Å². The summed E-state index contributed by atoms with van der Waals surface area (Å²) in [6.45, 7) is 8.98. The summed E-state index contributed by atoms with van der Waals surface area (Å²) in [4.78, 5) is 0. The summed E-state index contributed by atoms with van der Waals surface area (Å²) in [7, 11) is 0. The fourth-order valence-electron chi connectivity index (χ4n) is 4.70. The van der Waals surface area contributed by atoms with E-state index < -0.39 is 0 Å². The molecule has 0 saturated heterocycles. The van der Waals surface area contributed by atoms with Crippen molar-refractivity contribution in [1.82, 2.24) is 0 Å². The van der Waals surface area contributed by atoms with Crippen LogP contribution in [0.3, 0.4) is 0 Å². The predicted molar refractivity (Wildman–Crippen MR) is 118 cm³/mol. The molecule has 2 unspecified atom stereocenters. The monoisotopic (exact) mass is 468 g/mol. The van der Waals surface area contributed by atoms with Gasteiger partial charge in [0.15, 0.2) is 0 Å². The Morgan fingerprint density at radius 3 is 2.73 bits per heavy atom. The number of phenols is 1. The normalized spacial score (nSPS) is 28.6. The van der Waals surface area contributed by atoms with E-state index in [4.69, 9.17) is 4.74 Å². The minimum Gasteiger partial charge on any atom is -0.507 e. The van der Waals surface area contributed by atoms with Crippen LogP contribution in [0.2, 0.25) is 0 Å². The first kappa shape index (κ1) is 20.0. The van der Waals surface area contributed by atoms with Crippen molar-refractivity contribution in [3.63, 3.8) is 0 Å². The number of benzene rings is 1. The van der Waals surface area contributed by atoms with Crippen molar-refractivity contribution in [3.8, 4) is 11.5 Å². The summed E-state index contributed by atoms with van der Waals surface area (Å²) in [6.07, 6.45) is 10.4. The summed E-state index contributed by atoms with van der Waals surface area (Å²) in [5.74, 6) is 2.06. The summed E-state index contributed by atoms with van der Waals surface area (Å²) < 4.78 is 7.12. The number of hydrogen-bond donors (Lipinski definition) is 1. The molecule has 4 atom stereocenters. The quantitative estimate of drug-likeness (QED) is 0.212. The van der Waals surface area contributed by atoms with E-state index in [2.05, 4.69) is 62.4 Å². The number of fused-ring (bicyclic) bond motifs is 3. The highest BCUT2D eigenvalue weighted by atomic mass is 127. The largest absolute Gasteiger partial charge is 0.507 e. The van der Waals surface area contributed by atoms with Crippen molar-refractivity contribution < 1.29 is 9.84 Å². The Morgan fingerprint density at radius 1 is 1.31 bits per heavy atom. The van der Waals surface area contributed by atoms with Crippen molar-refractivity contribution in [2.75, 3.05) is 0 Å². The van der Waals surface area contributed by atoms with Gasteiger partial charge in [0.05, 0.1) is 0 Å². The second kappa shape index (κ2) is 8.12. The maximum Gasteiger partial charge on any atom is 0.127 e. The van der Waals surface area contributed by atoms with Crippen LogP contribution in [-0.2, 0) is 6.42 Å². The number of ether oxygens (including phenoxy) is 1. The van der Waals surface area contributed by atoms with Gasteiger partial charge in [-0.25, -0.2) is 0 Å². The van der Waals surface area contributed by atoms with Gasteiger partial charge >= 0.3 is 0 Å². The third-order valence-electron chi connectivity index (χ3n) is 6.49. The van der Waals surface area contributed by atoms with E-state index in [0.29, 0.717) is 15.6 Å². The van der Waals surface area contributed by atoms with E-state index in [1.807, 2.05) is 6.07 Å². The fraction of sp³-hybridized carbons (Fsp3) is 0.652. The third kappa shape index (κ3) is 3.79. The van der Waals surface area contributed by atoms with Crippen LogP contribution in [-0.4, -0.2) is 14.6 Å². The molecular weight excluding hydrogens is 435 g/mol. The first-order chi connectivity index (χ1) is 12.4. The Hall–Kier alpha value is -0.710. The van der Waals surface area contributed by atoms with Crippen molar-refractivity contribution in [1.29, 1.82) is 0 Å². The van der Waals surface area contributed by atoms with E-state index in [1.165, 1.54) is 30.4 Å². The van der Waals surface area contributed by atoms with Crippen molar-refractivity contribution in [3.05, 3.63) is 34.9 Å². The Kier molecular flexibility index (Phi) is 6.25. The molecule has 1 aromatic carbocycles. The molecule has 0 bridgehead atoms. The number of rotatable bonds is 6. The molecule has 1 heterocycles. The van der Waals surface area contributed by atoms with Gasteiger partial charge in [0.2, 0.25) is 0 Å². The number of alkyl halides is 1. The van der Waals surface area contributed by atoms with Crippen LogP contribution >= 0.6 is 22.6 Å². The van der Waals surface area contributed by atoms with E-state index in [1.54, 1.807) is 0 Å². The summed E-state index contributed by atoms with van der Waals surface area (Å²) in [5.41, 5.74) is 3.59. The van der Waals surface area contributed by atoms with Gasteiger partial charge in [-0.1, -0.05) is 60.9 Å². The molecule has 0 spiro atoms. The second-order valence-corrected chi connectivity index (χ2v) is 10.1. The molecule has 144 valence electrons. The highest BCUT2D eigenvalue weighted by Crippen LogP contribution is 2.55. The molecule has 0 amide bonds. The van der Waals surface area contributed by atoms with E-state index in [0.717, 1.165) is 37.0 Å². The maximum absolute atomic E-state index is 10.9. The minimum absolute atomic E-state index is 0.150. The number of aryl methyl sites for hydroxylation is 1. The summed E-state index contributed by atoms with van der Waals surface area (Å²) in [6, 6.07) is 4.18. The third-order valence-corrected chi connectivity index (χ3v) is 7.29. The molecule has 2 aliphatic rings. The highest BCUT2D eigenvalue weighted by Gasteiger charge is 2.47. The minimum atomic E-state index is -0.150. The topological polar surface area (TPSA) is 29.5 Å². The number of halogens is 1. The Morgan fingerprint density at radius 2 is 2.08 bits per heavy atom. The van der Waals surface area contributed by atoms with Crippen LogP contribution in [0.1, 0.15) is 83.3 Å². The smallest absolute Gasteiger partial charge is 0.127 e. The van der Waals surface area contributed by atoms with E-state index in [-0.39, 0.29) is 11.5 Å². The lowest BCUT2D eigenvalue weighted by Crippen LogP contribution is -2.47. The number of allylic oxidation sites excluding steroid dienone is 2. The zero-order chi connectivity index (χ0) is 18.9. The molecule has 0 fully saturated rings. The van der Waals surface area contributed by atoms with Crippen molar-refractivity contribution in [2.45, 2.75) is 88.1 Å². The van der Waals surface area contributed by atoms with Crippen molar-refractivity contribution in [2.24, 2.45) is 5.92 Å². The van der Waals surface area contributed by atoms with E-state index in [9.17, 15) is 5.11 Å². The molecule has 0 radical (unpaired) electrons. The van der Waals surface area contributed by atoms with Crippen LogP contribution in [0.15, 0.2) is 23.8 Å². The zero-order valence-electron chi connectivity index (χ0n) is 16.6. The van der Waals surface area contributed by atoms with Crippen molar-refractivity contribution >= 4 is 22.6 Å². The number of unbranched alkanes of at least 4 members (excludes halogenated alkanes) is 2. The van der Waals surface area contributed by atoms with Gasteiger partial charge in [-0.3, -0.25) is 0 Å². The summed E-state index contributed by atoms with van der Waals surface area (Å²) in [5, 5.41) is 10.9. The van der Waals surface area contributed by atoms with Gasteiger partial charge in [-0.2, -0.15) is 0 Å². The Balaban J connectivity index is 2.03. The molecule has 1 aliphatic carbocycles. The van der Waals surface area contributed by atoms with Crippen LogP contribution in [0.25, 0.3) is 0 Å². The lowest BCUT2D eigenvalue weighted by atomic mass is 9.66. The van der Waals surface area contributed by atoms with Gasteiger partial charge in [0.25, 0.3) is 0 Å². The SMILES string of the molecule is CCCCCc1cc(O)c2c(c1)OC(C)(CC)[C@@H]1CCC(C(C)I)=C[C@@H]21. The molecule has 2 nitrogen and oxygen atoms in total. The molecule has 0 saturated carbocycles. The zero-order valence-corrected chi connectivity index (χ0v) is 18.8. The number of phenolic OH excluding ortho intramolecular Hbond substituents is 1. The molecule has 1 N–H and O–H groups in total. The van der Waals surface area contributed by atoms with Gasteiger partial charge in [0, 0.05) is 21.3 Å². The fourth-order valence-corrected chi connectivity index (χ4v) is 5.22.